The van der Waals surface area contributed by atoms with Crippen molar-refractivity contribution in [3.05, 3.63) is 65.7 Å². The van der Waals surface area contributed by atoms with Crippen molar-refractivity contribution in [2.75, 3.05) is 6.61 Å². The van der Waals surface area contributed by atoms with Crippen LogP contribution in [0.4, 0.5) is 0 Å². The van der Waals surface area contributed by atoms with Gasteiger partial charge in [-0.2, -0.15) is 0 Å². The SMILES string of the molecule is CC(C)CCOc1ccc(C(=O)NNC(=O)CCC(=O)NCc2ccccc2)cc1. The Hall–Kier alpha value is -3.35. The summed E-state index contributed by atoms with van der Waals surface area (Å²) in [6, 6.07) is 16.2. The van der Waals surface area contributed by atoms with Crippen LogP contribution in [0.2, 0.25) is 0 Å². The van der Waals surface area contributed by atoms with Gasteiger partial charge in [0.2, 0.25) is 11.8 Å². The van der Waals surface area contributed by atoms with Gasteiger partial charge in [-0.25, -0.2) is 0 Å². The van der Waals surface area contributed by atoms with E-state index in [1.54, 1.807) is 24.3 Å². The molecule has 0 saturated carbocycles. The van der Waals surface area contributed by atoms with Crippen LogP contribution in [0.15, 0.2) is 54.6 Å². The second-order valence-corrected chi connectivity index (χ2v) is 7.32. The molecule has 0 heterocycles. The first-order chi connectivity index (χ1) is 14.4. The lowest BCUT2D eigenvalue weighted by atomic mass is 10.1. The Morgan fingerprint density at radius 1 is 0.867 bits per heavy atom. The van der Waals surface area contributed by atoms with Gasteiger partial charge in [-0.05, 0) is 42.2 Å². The predicted molar refractivity (Wildman–Crippen MR) is 115 cm³/mol. The molecule has 7 nitrogen and oxygen atoms in total. The summed E-state index contributed by atoms with van der Waals surface area (Å²) in [4.78, 5) is 35.8. The van der Waals surface area contributed by atoms with Crippen molar-refractivity contribution < 1.29 is 19.1 Å². The van der Waals surface area contributed by atoms with Gasteiger partial charge >= 0.3 is 0 Å². The summed E-state index contributed by atoms with van der Waals surface area (Å²) < 4.78 is 5.61. The van der Waals surface area contributed by atoms with Crippen LogP contribution in [0.25, 0.3) is 0 Å². The van der Waals surface area contributed by atoms with Gasteiger partial charge in [0.25, 0.3) is 5.91 Å². The van der Waals surface area contributed by atoms with Gasteiger partial charge in [-0.15, -0.1) is 0 Å². The molecule has 2 aromatic rings. The fraction of sp³-hybridized carbons (Fsp3) is 0.348. The Bertz CT molecular complexity index is 820. The molecule has 0 aliphatic carbocycles. The van der Waals surface area contributed by atoms with E-state index < -0.39 is 11.8 Å². The molecule has 0 aromatic heterocycles. The first kappa shape index (κ1) is 22.9. The third-order valence-corrected chi connectivity index (χ3v) is 4.31. The molecule has 0 fully saturated rings. The first-order valence-electron chi connectivity index (χ1n) is 10.1. The molecule has 7 heteroatoms. The van der Waals surface area contributed by atoms with Crippen LogP contribution in [0.5, 0.6) is 5.75 Å². The Morgan fingerprint density at radius 3 is 2.20 bits per heavy atom. The van der Waals surface area contributed by atoms with Crippen molar-refractivity contribution in [3.63, 3.8) is 0 Å². The average molecular weight is 412 g/mol. The van der Waals surface area contributed by atoms with E-state index in [1.165, 1.54) is 0 Å². The number of carbonyl (C=O) groups excluding carboxylic acids is 3. The molecule has 0 radical (unpaired) electrons. The van der Waals surface area contributed by atoms with Gasteiger partial charge in [-0.1, -0.05) is 44.2 Å². The van der Waals surface area contributed by atoms with Crippen molar-refractivity contribution >= 4 is 17.7 Å². The zero-order valence-corrected chi connectivity index (χ0v) is 17.4. The number of nitrogens with one attached hydrogen (secondary N) is 3. The number of ether oxygens (including phenoxy) is 1. The molecule has 2 aromatic carbocycles. The lowest BCUT2D eigenvalue weighted by Gasteiger charge is -2.10. The smallest absolute Gasteiger partial charge is 0.269 e. The highest BCUT2D eigenvalue weighted by Crippen LogP contribution is 2.13. The molecule has 30 heavy (non-hydrogen) atoms. The van der Waals surface area contributed by atoms with Crippen LogP contribution in [0, 0.1) is 5.92 Å². The van der Waals surface area contributed by atoms with Gasteiger partial charge in [0, 0.05) is 24.9 Å². The lowest BCUT2D eigenvalue weighted by molar-refractivity contribution is -0.126. The van der Waals surface area contributed by atoms with Crippen LogP contribution >= 0.6 is 0 Å². The molecule has 0 aliphatic rings. The molecular formula is C23H29N3O4. The zero-order chi connectivity index (χ0) is 21.8. The number of hydrogen-bond donors (Lipinski definition) is 3. The standard InChI is InChI=1S/C23H29N3O4/c1-17(2)14-15-30-20-10-8-19(9-11-20)23(29)26-25-22(28)13-12-21(27)24-16-18-6-4-3-5-7-18/h3-11,17H,12-16H2,1-2H3,(H,24,27)(H,25,28)(H,26,29). The second-order valence-electron chi connectivity index (χ2n) is 7.32. The highest BCUT2D eigenvalue weighted by Gasteiger charge is 2.10. The minimum absolute atomic E-state index is 0.0243. The van der Waals surface area contributed by atoms with Crippen molar-refractivity contribution in [2.45, 2.75) is 39.7 Å². The van der Waals surface area contributed by atoms with E-state index in [4.69, 9.17) is 4.74 Å². The summed E-state index contributed by atoms with van der Waals surface area (Å²) in [6.07, 6.45) is 0.971. The average Bonchev–Trinajstić information content (AvgIpc) is 2.75. The quantitative estimate of drug-likeness (QED) is 0.524. The van der Waals surface area contributed by atoms with E-state index in [0.717, 1.165) is 12.0 Å². The molecule has 3 N–H and O–H groups in total. The first-order valence-corrected chi connectivity index (χ1v) is 10.1. The highest BCUT2D eigenvalue weighted by molar-refractivity contribution is 5.95. The van der Waals surface area contributed by atoms with Crippen LogP contribution in [-0.4, -0.2) is 24.3 Å². The van der Waals surface area contributed by atoms with Gasteiger partial charge in [0.05, 0.1) is 6.61 Å². The van der Waals surface area contributed by atoms with Gasteiger partial charge in [0.15, 0.2) is 0 Å². The number of hydrogen-bond acceptors (Lipinski definition) is 4. The Labute approximate surface area is 177 Å². The third-order valence-electron chi connectivity index (χ3n) is 4.31. The van der Waals surface area contributed by atoms with Crippen LogP contribution in [-0.2, 0) is 16.1 Å². The maximum absolute atomic E-state index is 12.1. The van der Waals surface area contributed by atoms with Crippen LogP contribution < -0.4 is 20.9 Å². The molecule has 160 valence electrons. The number of rotatable bonds is 10. The molecule has 0 aliphatic heterocycles. The molecule has 0 unspecified atom stereocenters. The van der Waals surface area contributed by atoms with Gasteiger partial charge < -0.3 is 10.1 Å². The minimum atomic E-state index is -0.439. The summed E-state index contributed by atoms with van der Waals surface area (Å²) in [7, 11) is 0. The van der Waals surface area contributed by atoms with Crippen molar-refractivity contribution in [1.82, 2.24) is 16.2 Å². The molecule has 3 amide bonds. The zero-order valence-electron chi connectivity index (χ0n) is 17.4. The number of carbonyl (C=O) groups is 3. The summed E-state index contributed by atoms with van der Waals surface area (Å²) in [5.41, 5.74) is 6.05. The number of hydrazine groups is 1. The topological polar surface area (TPSA) is 96.5 Å². The Kier molecular flexibility index (Phi) is 9.37. The largest absolute Gasteiger partial charge is 0.494 e. The monoisotopic (exact) mass is 411 g/mol. The van der Waals surface area contributed by atoms with Gasteiger partial charge in [0.1, 0.15) is 5.75 Å². The molecule has 0 saturated heterocycles. The van der Waals surface area contributed by atoms with E-state index >= 15 is 0 Å². The maximum atomic E-state index is 12.1. The van der Waals surface area contributed by atoms with Crippen molar-refractivity contribution in [1.29, 1.82) is 0 Å². The molecule has 0 atom stereocenters. The summed E-state index contributed by atoms with van der Waals surface area (Å²) in [5.74, 6) is 0.150. The molecule has 2 rings (SSSR count). The predicted octanol–water partition coefficient (Wildman–Crippen LogP) is 2.97. The summed E-state index contributed by atoms with van der Waals surface area (Å²) >= 11 is 0. The minimum Gasteiger partial charge on any atom is -0.494 e. The third kappa shape index (κ3) is 8.77. The van der Waals surface area contributed by atoms with Crippen molar-refractivity contribution in [2.24, 2.45) is 5.92 Å². The van der Waals surface area contributed by atoms with E-state index in [0.29, 0.717) is 30.4 Å². The van der Waals surface area contributed by atoms with Crippen molar-refractivity contribution in [3.8, 4) is 5.75 Å². The van der Waals surface area contributed by atoms with E-state index in [9.17, 15) is 14.4 Å². The summed E-state index contributed by atoms with van der Waals surface area (Å²) in [6.45, 7) is 5.29. The highest BCUT2D eigenvalue weighted by atomic mass is 16.5. The molecule has 0 bridgehead atoms. The Morgan fingerprint density at radius 2 is 1.53 bits per heavy atom. The van der Waals surface area contributed by atoms with Gasteiger partial charge in [-0.3, -0.25) is 25.2 Å². The van der Waals surface area contributed by atoms with E-state index in [1.807, 2.05) is 30.3 Å². The second kappa shape index (κ2) is 12.3. The molecule has 0 spiro atoms. The maximum Gasteiger partial charge on any atom is 0.269 e. The van der Waals surface area contributed by atoms with Crippen LogP contribution in [0.1, 0.15) is 49.0 Å². The fourth-order valence-corrected chi connectivity index (χ4v) is 2.49. The normalized spacial score (nSPS) is 10.4. The molecular weight excluding hydrogens is 382 g/mol. The van der Waals surface area contributed by atoms with E-state index in [2.05, 4.69) is 30.0 Å². The number of amides is 3. The fourth-order valence-electron chi connectivity index (χ4n) is 2.49. The summed E-state index contributed by atoms with van der Waals surface area (Å²) in [5, 5.41) is 2.75. The Balaban J connectivity index is 1.65. The lowest BCUT2D eigenvalue weighted by Crippen LogP contribution is -2.42. The number of benzene rings is 2. The van der Waals surface area contributed by atoms with Crippen LogP contribution in [0.3, 0.4) is 0 Å². The van der Waals surface area contributed by atoms with E-state index in [-0.39, 0.29) is 18.7 Å².